The number of fused-ring (bicyclic) bond motifs is 3. The van der Waals surface area contributed by atoms with Crippen molar-refractivity contribution in [3.8, 4) is 18.1 Å². The van der Waals surface area contributed by atoms with Crippen LogP contribution in [0.1, 0.15) is 12.8 Å². The minimum atomic E-state index is -0.159. The van der Waals surface area contributed by atoms with Gasteiger partial charge in [0.25, 0.3) is 0 Å². The number of rotatable bonds is 7. The van der Waals surface area contributed by atoms with Gasteiger partial charge in [-0.25, -0.2) is 4.79 Å². The van der Waals surface area contributed by atoms with Crippen molar-refractivity contribution < 1.29 is 9.53 Å². The molecule has 6 heteroatoms. The Morgan fingerprint density at radius 2 is 2.19 bits per heavy atom. The first-order chi connectivity index (χ1) is 13.1. The van der Waals surface area contributed by atoms with Gasteiger partial charge in [-0.1, -0.05) is 5.92 Å². The number of methoxy groups -OCH3 is 1. The number of anilines is 1. The summed E-state index contributed by atoms with van der Waals surface area (Å²) in [4.78, 5) is 17.0. The molecule has 0 saturated carbocycles. The normalized spacial score (nSPS) is 26.4. The molecule has 0 spiro atoms. The van der Waals surface area contributed by atoms with Gasteiger partial charge in [0.1, 0.15) is 5.75 Å². The molecule has 3 aliphatic rings. The molecule has 2 bridgehead atoms. The van der Waals surface area contributed by atoms with E-state index in [1.54, 1.807) is 7.11 Å². The molecule has 3 heterocycles. The molecule has 0 radical (unpaired) electrons. The Morgan fingerprint density at radius 1 is 1.41 bits per heavy atom. The van der Waals surface area contributed by atoms with Crippen LogP contribution < -0.4 is 15.4 Å². The van der Waals surface area contributed by atoms with E-state index in [-0.39, 0.29) is 6.03 Å². The van der Waals surface area contributed by atoms with Gasteiger partial charge in [-0.15, -0.1) is 6.42 Å². The summed E-state index contributed by atoms with van der Waals surface area (Å²) < 4.78 is 5.13. The van der Waals surface area contributed by atoms with Gasteiger partial charge in [-0.3, -0.25) is 9.80 Å². The minimum absolute atomic E-state index is 0.159. The van der Waals surface area contributed by atoms with Crippen molar-refractivity contribution in [3.63, 3.8) is 0 Å². The molecule has 3 fully saturated rings. The van der Waals surface area contributed by atoms with Crippen LogP contribution in [0.15, 0.2) is 24.3 Å². The lowest BCUT2D eigenvalue weighted by atomic mass is 9.75. The van der Waals surface area contributed by atoms with Gasteiger partial charge in [0.2, 0.25) is 0 Å². The second-order valence-corrected chi connectivity index (χ2v) is 7.66. The van der Waals surface area contributed by atoms with Crippen LogP contribution in [0.5, 0.6) is 5.75 Å². The van der Waals surface area contributed by atoms with Crippen LogP contribution in [0.2, 0.25) is 0 Å². The van der Waals surface area contributed by atoms with E-state index in [2.05, 4.69) is 33.4 Å². The summed E-state index contributed by atoms with van der Waals surface area (Å²) in [7, 11) is 3.72. The molecule has 2 amide bonds. The van der Waals surface area contributed by atoms with E-state index in [0.717, 1.165) is 43.4 Å². The Labute approximate surface area is 162 Å². The van der Waals surface area contributed by atoms with Gasteiger partial charge in [0, 0.05) is 31.4 Å². The lowest BCUT2D eigenvalue weighted by Crippen LogP contribution is -2.58. The van der Waals surface area contributed by atoms with Crippen LogP contribution in [-0.4, -0.2) is 68.8 Å². The number of carbonyl (C=O) groups is 1. The number of urea groups is 1. The van der Waals surface area contributed by atoms with Crippen LogP contribution >= 0.6 is 0 Å². The second kappa shape index (κ2) is 9.12. The number of nitrogens with one attached hydrogen (secondary N) is 2. The molecule has 1 aromatic rings. The number of terminal acetylenes is 1. The van der Waals surface area contributed by atoms with Crippen LogP contribution in [0.25, 0.3) is 0 Å². The van der Waals surface area contributed by atoms with E-state index in [9.17, 15) is 4.79 Å². The summed E-state index contributed by atoms with van der Waals surface area (Å²) in [6, 6.07) is 7.61. The quantitative estimate of drug-likeness (QED) is 0.722. The van der Waals surface area contributed by atoms with Crippen LogP contribution in [-0.2, 0) is 0 Å². The number of nitrogens with zero attached hydrogens (tertiary/aromatic N) is 2. The smallest absolute Gasteiger partial charge is 0.319 e. The molecule has 0 aromatic heterocycles. The van der Waals surface area contributed by atoms with Crippen molar-refractivity contribution in [1.29, 1.82) is 0 Å². The molecule has 3 saturated heterocycles. The number of ether oxygens (including phenoxy) is 1. The number of hydrogen-bond donors (Lipinski definition) is 2. The number of benzene rings is 1. The standard InChI is InChI=1S/C21H30N4O2/c1-4-10-24(2)14-17-15-25-11-9-16(17)12-19(25)13-22-21(26)23-18-5-7-20(27-3)8-6-18/h1,5-8,16-17,19H,9-15H2,2-3H3,(H2,22,23,26). The predicted octanol–water partition coefficient (Wildman–Crippen LogP) is 2.09. The first kappa shape index (κ1) is 19.5. The fourth-order valence-corrected chi connectivity index (χ4v) is 4.35. The van der Waals surface area contributed by atoms with Gasteiger partial charge in [-0.2, -0.15) is 0 Å². The number of carbonyl (C=O) groups excluding carboxylic acids is 1. The Kier molecular flexibility index (Phi) is 6.59. The molecule has 1 aromatic carbocycles. The Hall–Kier alpha value is -2.23. The van der Waals surface area contributed by atoms with Gasteiger partial charge in [-0.05, 0) is 62.5 Å². The monoisotopic (exact) mass is 370 g/mol. The fraction of sp³-hybridized carbons (Fsp3) is 0.571. The lowest BCUT2D eigenvalue weighted by Gasteiger charge is -2.50. The average Bonchev–Trinajstić information content (AvgIpc) is 2.68. The number of piperidine rings is 3. The third-order valence-electron chi connectivity index (χ3n) is 5.77. The highest BCUT2D eigenvalue weighted by molar-refractivity contribution is 5.89. The summed E-state index contributed by atoms with van der Waals surface area (Å²) in [5.41, 5.74) is 0.760. The first-order valence-electron chi connectivity index (χ1n) is 9.64. The highest BCUT2D eigenvalue weighted by Gasteiger charge is 2.40. The molecular formula is C21H30N4O2. The zero-order chi connectivity index (χ0) is 19.2. The topological polar surface area (TPSA) is 56.8 Å². The minimum Gasteiger partial charge on any atom is -0.497 e. The van der Waals surface area contributed by atoms with E-state index in [1.807, 2.05) is 24.3 Å². The maximum atomic E-state index is 12.2. The summed E-state index contributed by atoms with van der Waals surface area (Å²) in [6.07, 6.45) is 7.82. The molecule has 146 valence electrons. The highest BCUT2D eigenvalue weighted by atomic mass is 16.5. The lowest BCUT2D eigenvalue weighted by molar-refractivity contribution is -0.00692. The summed E-state index contributed by atoms with van der Waals surface area (Å²) in [6.45, 7) is 4.69. The van der Waals surface area contributed by atoms with Crippen molar-refractivity contribution >= 4 is 11.7 Å². The van der Waals surface area contributed by atoms with E-state index < -0.39 is 0 Å². The molecule has 0 aliphatic carbocycles. The van der Waals surface area contributed by atoms with E-state index >= 15 is 0 Å². The van der Waals surface area contributed by atoms with E-state index in [0.29, 0.717) is 25.0 Å². The van der Waals surface area contributed by atoms with E-state index in [1.165, 1.54) is 6.42 Å². The Bertz CT molecular complexity index is 670. The van der Waals surface area contributed by atoms with E-state index in [4.69, 9.17) is 11.2 Å². The van der Waals surface area contributed by atoms with Crippen molar-refractivity contribution in [2.75, 3.05) is 52.2 Å². The molecule has 3 aliphatic heterocycles. The highest BCUT2D eigenvalue weighted by Crippen LogP contribution is 2.36. The van der Waals surface area contributed by atoms with Crippen molar-refractivity contribution in [1.82, 2.24) is 15.1 Å². The first-order valence-corrected chi connectivity index (χ1v) is 9.64. The van der Waals surface area contributed by atoms with Gasteiger partial charge in [0.15, 0.2) is 0 Å². The van der Waals surface area contributed by atoms with Crippen LogP contribution in [0.3, 0.4) is 0 Å². The molecule has 27 heavy (non-hydrogen) atoms. The maximum Gasteiger partial charge on any atom is 0.319 e. The van der Waals surface area contributed by atoms with Crippen LogP contribution in [0.4, 0.5) is 10.5 Å². The predicted molar refractivity (Wildman–Crippen MR) is 108 cm³/mol. The zero-order valence-electron chi connectivity index (χ0n) is 16.3. The van der Waals surface area contributed by atoms with Crippen molar-refractivity contribution in [2.24, 2.45) is 11.8 Å². The molecule has 2 N–H and O–H groups in total. The number of hydrogen-bond acceptors (Lipinski definition) is 4. The third kappa shape index (κ3) is 5.15. The average molecular weight is 370 g/mol. The van der Waals surface area contributed by atoms with Crippen molar-refractivity contribution in [3.05, 3.63) is 24.3 Å². The van der Waals surface area contributed by atoms with Gasteiger partial charge >= 0.3 is 6.03 Å². The molecular weight excluding hydrogens is 340 g/mol. The second-order valence-electron chi connectivity index (χ2n) is 7.66. The summed E-state index contributed by atoms with van der Waals surface area (Å²) >= 11 is 0. The number of amides is 2. The largest absolute Gasteiger partial charge is 0.497 e. The summed E-state index contributed by atoms with van der Waals surface area (Å²) in [5, 5.41) is 5.91. The molecule has 4 atom stereocenters. The van der Waals surface area contributed by atoms with Gasteiger partial charge < -0.3 is 15.4 Å². The molecule has 4 rings (SSSR count). The molecule has 6 nitrogen and oxygen atoms in total. The maximum absolute atomic E-state index is 12.2. The Balaban J connectivity index is 1.44. The fourth-order valence-electron chi connectivity index (χ4n) is 4.35. The molecule has 4 unspecified atom stereocenters. The zero-order valence-corrected chi connectivity index (χ0v) is 16.3. The Morgan fingerprint density at radius 3 is 2.81 bits per heavy atom. The summed E-state index contributed by atoms with van der Waals surface area (Å²) in [5.74, 6) is 4.90. The van der Waals surface area contributed by atoms with Crippen LogP contribution in [0, 0.1) is 24.2 Å². The van der Waals surface area contributed by atoms with Crippen molar-refractivity contribution in [2.45, 2.75) is 18.9 Å². The van der Waals surface area contributed by atoms with Gasteiger partial charge in [0.05, 0.1) is 13.7 Å². The third-order valence-corrected chi connectivity index (χ3v) is 5.77. The SMILES string of the molecule is C#CCN(C)CC1CN2CCC1CC2CNC(=O)Nc1ccc(OC)cc1.